The summed E-state index contributed by atoms with van der Waals surface area (Å²) in [6.45, 7) is 7.31. The van der Waals surface area contributed by atoms with Gasteiger partial charge in [0, 0.05) is 24.7 Å². The largest absolute Gasteiger partial charge is 0.497 e. The minimum atomic E-state index is -0.841. The highest BCUT2D eigenvalue weighted by atomic mass is 32.1. The number of amides is 1. The maximum absolute atomic E-state index is 14.1. The monoisotopic (exact) mass is 635 g/mol. The zero-order valence-corrected chi connectivity index (χ0v) is 26.9. The lowest BCUT2D eigenvalue weighted by atomic mass is 9.95. The van der Waals surface area contributed by atoms with Gasteiger partial charge in [0.25, 0.3) is 11.5 Å². The van der Waals surface area contributed by atoms with Crippen LogP contribution in [0.5, 0.6) is 23.0 Å². The van der Waals surface area contributed by atoms with Crippen molar-refractivity contribution in [3.63, 3.8) is 0 Å². The number of ether oxygens (including phenoxy) is 5. The summed E-state index contributed by atoms with van der Waals surface area (Å²) >= 11 is 1.21. The molecule has 3 aromatic rings. The van der Waals surface area contributed by atoms with Gasteiger partial charge in [0.1, 0.15) is 17.5 Å². The first kappa shape index (κ1) is 31.8. The highest BCUT2D eigenvalue weighted by molar-refractivity contribution is 7.07. The molecule has 1 fully saturated rings. The minimum absolute atomic E-state index is 0.0549. The van der Waals surface area contributed by atoms with Gasteiger partial charge in [-0.15, -0.1) is 0 Å². The molecule has 0 saturated carbocycles. The Labute approximate surface area is 265 Å². The second kappa shape index (κ2) is 14.0. The molecule has 3 heterocycles. The first-order valence-electron chi connectivity index (χ1n) is 14.9. The Balaban J connectivity index is 1.56. The Hall–Kier alpha value is -4.58. The van der Waals surface area contributed by atoms with E-state index >= 15 is 0 Å². The number of fused-ring (bicyclic) bond motifs is 1. The van der Waals surface area contributed by atoms with Crippen LogP contribution in [0, 0.1) is 0 Å². The van der Waals surface area contributed by atoms with E-state index in [1.165, 1.54) is 23.0 Å². The molecule has 5 rings (SSSR count). The summed E-state index contributed by atoms with van der Waals surface area (Å²) < 4.78 is 30.0. The predicted molar refractivity (Wildman–Crippen MR) is 169 cm³/mol. The van der Waals surface area contributed by atoms with Gasteiger partial charge in [-0.25, -0.2) is 9.79 Å². The maximum Gasteiger partial charge on any atom is 0.338 e. The third-order valence-corrected chi connectivity index (χ3v) is 8.61. The zero-order chi connectivity index (χ0) is 32.1. The Morgan fingerprint density at radius 1 is 0.978 bits per heavy atom. The summed E-state index contributed by atoms with van der Waals surface area (Å²) in [6.07, 6.45) is 3.76. The molecule has 0 spiro atoms. The van der Waals surface area contributed by atoms with E-state index in [4.69, 9.17) is 23.7 Å². The Morgan fingerprint density at radius 2 is 1.76 bits per heavy atom. The molecule has 0 unspecified atom stereocenters. The summed E-state index contributed by atoms with van der Waals surface area (Å²) in [5, 5.41) is 0. The molecule has 0 aliphatic carbocycles. The lowest BCUT2D eigenvalue weighted by Crippen LogP contribution is -2.40. The molecule has 45 heavy (non-hydrogen) atoms. The van der Waals surface area contributed by atoms with Gasteiger partial charge in [-0.05, 0) is 69.5 Å². The highest BCUT2D eigenvalue weighted by Gasteiger charge is 2.35. The van der Waals surface area contributed by atoms with Crippen molar-refractivity contribution >= 4 is 29.3 Å². The Kier molecular flexibility index (Phi) is 9.92. The number of rotatable bonds is 11. The second-order valence-electron chi connectivity index (χ2n) is 10.4. The van der Waals surface area contributed by atoms with Crippen LogP contribution in [0.3, 0.4) is 0 Å². The molecule has 1 aromatic heterocycles. The first-order valence-corrected chi connectivity index (χ1v) is 15.7. The van der Waals surface area contributed by atoms with Crippen molar-refractivity contribution in [3.05, 3.63) is 78.5 Å². The molecule has 1 amide bonds. The zero-order valence-electron chi connectivity index (χ0n) is 26.1. The lowest BCUT2D eigenvalue weighted by molar-refractivity contribution is -0.139. The van der Waals surface area contributed by atoms with Gasteiger partial charge in [0.15, 0.2) is 22.9 Å². The van der Waals surface area contributed by atoms with Crippen LogP contribution in [0.15, 0.2) is 57.5 Å². The van der Waals surface area contributed by atoms with Gasteiger partial charge < -0.3 is 28.6 Å². The average Bonchev–Trinajstić information content (AvgIpc) is 3.68. The number of hydrogen-bond donors (Lipinski definition) is 0. The maximum atomic E-state index is 14.1. The SMILES string of the molecule is CCOC(=O)C1=C(C)N=c2s/c(=C/c3ccc(OCC(=O)N4CCCC4)c(OCC)c3)c(=O)n2[C@@H]1c1ccc(OC)cc1OC. The quantitative estimate of drug-likeness (QED) is 0.295. The van der Waals surface area contributed by atoms with Crippen LogP contribution in [-0.2, 0) is 14.3 Å². The number of carbonyl (C=O) groups excluding carboxylic acids is 2. The van der Waals surface area contributed by atoms with Gasteiger partial charge in [0.05, 0.1) is 43.2 Å². The average molecular weight is 636 g/mol. The van der Waals surface area contributed by atoms with Crippen molar-refractivity contribution in [1.29, 1.82) is 0 Å². The van der Waals surface area contributed by atoms with E-state index in [1.54, 1.807) is 68.3 Å². The number of carbonyl (C=O) groups is 2. The van der Waals surface area contributed by atoms with E-state index in [1.807, 2.05) is 6.92 Å². The number of aromatic nitrogens is 1. The van der Waals surface area contributed by atoms with Crippen molar-refractivity contribution in [3.8, 4) is 23.0 Å². The molecule has 2 aromatic carbocycles. The van der Waals surface area contributed by atoms with Crippen molar-refractivity contribution in [2.45, 2.75) is 39.7 Å². The number of likely N-dealkylation sites (tertiary alicyclic amines) is 1. The number of allylic oxidation sites excluding steroid dienone is 1. The predicted octanol–water partition coefficient (Wildman–Crippen LogP) is 3.22. The van der Waals surface area contributed by atoms with Gasteiger partial charge in [-0.3, -0.25) is 14.2 Å². The van der Waals surface area contributed by atoms with E-state index in [0.717, 1.165) is 25.9 Å². The smallest absolute Gasteiger partial charge is 0.338 e. The summed E-state index contributed by atoms with van der Waals surface area (Å²) in [7, 11) is 3.07. The van der Waals surface area contributed by atoms with Crippen LogP contribution >= 0.6 is 11.3 Å². The summed E-state index contributed by atoms with van der Waals surface area (Å²) in [5.41, 5.74) is 1.66. The molecule has 2 aliphatic heterocycles. The van der Waals surface area contributed by atoms with Crippen molar-refractivity contribution in [2.24, 2.45) is 4.99 Å². The molecule has 1 atom stereocenters. The Bertz CT molecular complexity index is 1800. The number of esters is 1. The molecule has 0 bridgehead atoms. The Morgan fingerprint density at radius 3 is 2.44 bits per heavy atom. The molecule has 1 saturated heterocycles. The van der Waals surface area contributed by atoms with E-state index in [2.05, 4.69) is 4.99 Å². The molecular formula is C33H37N3O8S. The number of nitrogens with zero attached hydrogens (tertiary/aromatic N) is 3. The molecule has 0 N–H and O–H groups in total. The van der Waals surface area contributed by atoms with Gasteiger partial charge in [0.2, 0.25) is 0 Å². The third kappa shape index (κ3) is 6.60. The van der Waals surface area contributed by atoms with Crippen LogP contribution in [0.25, 0.3) is 6.08 Å². The normalized spacial score (nSPS) is 16.2. The van der Waals surface area contributed by atoms with Gasteiger partial charge in [-0.1, -0.05) is 17.4 Å². The molecule has 11 nitrogen and oxygen atoms in total. The summed E-state index contributed by atoms with van der Waals surface area (Å²) in [6, 6.07) is 9.71. The molecular weight excluding hydrogens is 598 g/mol. The first-order chi connectivity index (χ1) is 21.8. The number of benzene rings is 2. The fourth-order valence-electron chi connectivity index (χ4n) is 5.48. The highest BCUT2D eigenvalue weighted by Crippen LogP contribution is 2.37. The van der Waals surface area contributed by atoms with Crippen LogP contribution in [-0.4, -0.2) is 68.5 Å². The van der Waals surface area contributed by atoms with Crippen LogP contribution < -0.4 is 33.8 Å². The second-order valence-corrected chi connectivity index (χ2v) is 11.4. The van der Waals surface area contributed by atoms with Gasteiger partial charge in [-0.2, -0.15) is 0 Å². The number of thiazole rings is 1. The van der Waals surface area contributed by atoms with E-state index in [-0.39, 0.29) is 30.3 Å². The minimum Gasteiger partial charge on any atom is -0.497 e. The van der Waals surface area contributed by atoms with E-state index in [0.29, 0.717) is 55.8 Å². The standard InChI is InChI=1S/C33H37N3O8S/c1-6-42-26-16-21(10-13-24(26)44-19-28(37)35-14-8-9-15-35)17-27-31(38)36-30(23-12-11-22(40-4)18-25(23)41-5)29(32(39)43-7-2)20(3)34-33(36)45-27/h10-13,16-18,30H,6-9,14-15,19H2,1-5H3/b27-17+/t30-/m1/s1. The summed E-state index contributed by atoms with van der Waals surface area (Å²) in [4.78, 5) is 46.7. The van der Waals surface area contributed by atoms with Crippen LogP contribution in [0.4, 0.5) is 0 Å². The molecule has 2 aliphatic rings. The molecule has 0 radical (unpaired) electrons. The number of hydrogen-bond acceptors (Lipinski definition) is 10. The fourth-order valence-corrected chi connectivity index (χ4v) is 6.53. The van der Waals surface area contributed by atoms with E-state index in [9.17, 15) is 14.4 Å². The fraction of sp³-hybridized carbons (Fsp3) is 0.394. The van der Waals surface area contributed by atoms with Crippen LogP contribution in [0.2, 0.25) is 0 Å². The van der Waals surface area contributed by atoms with Crippen molar-refractivity contribution in [2.75, 3.05) is 47.1 Å². The summed E-state index contributed by atoms with van der Waals surface area (Å²) in [5.74, 6) is 1.32. The molecule has 12 heteroatoms. The van der Waals surface area contributed by atoms with Crippen LogP contribution in [0.1, 0.15) is 50.8 Å². The van der Waals surface area contributed by atoms with Crippen molar-refractivity contribution in [1.82, 2.24) is 9.47 Å². The van der Waals surface area contributed by atoms with Gasteiger partial charge >= 0.3 is 5.97 Å². The topological polar surface area (TPSA) is 118 Å². The third-order valence-electron chi connectivity index (χ3n) is 7.63. The van der Waals surface area contributed by atoms with E-state index < -0.39 is 12.0 Å². The van der Waals surface area contributed by atoms with Crippen molar-refractivity contribution < 1.29 is 33.3 Å². The lowest BCUT2D eigenvalue weighted by Gasteiger charge is -2.26. The molecule has 238 valence electrons. The number of methoxy groups -OCH3 is 2.